The third kappa shape index (κ3) is 3.93. The van der Waals surface area contributed by atoms with Crippen molar-refractivity contribution in [2.45, 2.75) is 25.5 Å². The molecule has 7 nitrogen and oxygen atoms in total. The number of carboxylic acids is 1. The van der Waals surface area contributed by atoms with Gasteiger partial charge in [-0.2, -0.15) is 0 Å². The molecule has 0 aliphatic heterocycles. The molecule has 2 aromatic carbocycles. The SMILES string of the molecule is COc1ccc(N(Cc2cnco2)c2cccc(C(=O)O)c2)cc1OC1CC1. The summed E-state index contributed by atoms with van der Waals surface area (Å²) in [6.07, 6.45) is 5.31. The molecule has 0 atom stereocenters. The van der Waals surface area contributed by atoms with Gasteiger partial charge in [0, 0.05) is 17.4 Å². The molecule has 0 spiro atoms. The molecule has 0 amide bonds. The molecule has 0 bridgehead atoms. The maximum absolute atomic E-state index is 11.4. The van der Waals surface area contributed by atoms with E-state index in [9.17, 15) is 9.90 Å². The van der Waals surface area contributed by atoms with E-state index < -0.39 is 5.97 Å². The number of carbonyl (C=O) groups is 1. The van der Waals surface area contributed by atoms with Crippen LogP contribution in [0.1, 0.15) is 29.0 Å². The first-order valence-electron chi connectivity index (χ1n) is 8.97. The molecular formula is C21H20N2O5. The average Bonchev–Trinajstić information content (AvgIpc) is 3.37. The molecule has 0 radical (unpaired) electrons. The molecule has 4 rings (SSSR count). The van der Waals surface area contributed by atoms with Gasteiger partial charge in [0.05, 0.1) is 31.5 Å². The summed E-state index contributed by atoms with van der Waals surface area (Å²) >= 11 is 0. The number of rotatable bonds is 8. The van der Waals surface area contributed by atoms with Gasteiger partial charge in [-0.25, -0.2) is 9.78 Å². The number of anilines is 2. The van der Waals surface area contributed by atoms with Crippen molar-refractivity contribution in [1.82, 2.24) is 4.98 Å². The lowest BCUT2D eigenvalue weighted by Gasteiger charge is -2.25. The Morgan fingerprint density at radius 3 is 2.71 bits per heavy atom. The predicted molar refractivity (Wildman–Crippen MR) is 102 cm³/mol. The molecule has 1 saturated carbocycles. The van der Waals surface area contributed by atoms with Crippen LogP contribution in [-0.4, -0.2) is 29.3 Å². The number of carboxylic acid groups (broad SMARTS) is 1. The predicted octanol–water partition coefficient (Wildman–Crippen LogP) is 4.26. The van der Waals surface area contributed by atoms with E-state index in [1.807, 2.05) is 29.2 Å². The minimum absolute atomic E-state index is 0.211. The van der Waals surface area contributed by atoms with Crippen molar-refractivity contribution in [2.75, 3.05) is 12.0 Å². The Balaban J connectivity index is 1.74. The lowest BCUT2D eigenvalue weighted by molar-refractivity contribution is 0.0697. The fraction of sp³-hybridized carbons (Fsp3) is 0.238. The van der Waals surface area contributed by atoms with Gasteiger partial charge in [0.1, 0.15) is 5.76 Å². The van der Waals surface area contributed by atoms with Crippen molar-refractivity contribution in [3.63, 3.8) is 0 Å². The van der Waals surface area contributed by atoms with Gasteiger partial charge < -0.3 is 23.9 Å². The number of hydrogen-bond acceptors (Lipinski definition) is 6. The van der Waals surface area contributed by atoms with Crippen molar-refractivity contribution in [1.29, 1.82) is 0 Å². The summed E-state index contributed by atoms with van der Waals surface area (Å²) in [5.41, 5.74) is 1.76. The first-order valence-corrected chi connectivity index (χ1v) is 8.97. The normalized spacial score (nSPS) is 13.2. The lowest BCUT2D eigenvalue weighted by atomic mass is 10.1. The summed E-state index contributed by atoms with van der Waals surface area (Å²) in [6, 6.07) is 12.4. The second kappa shape index (κ2) is 7.64. The quantitative estimate of drug-likeness (QED) is 0.625. The van der Waals surface area contributed by atoms with E-state index in [0.29, 0.717) is 23.8 Å². The highest BCUT2D eigenvalue weighted by Crippen LogP contribution is 2.38. The van der Waals surface area contributed by atoms with E-state index in [-0.39, 0.29) is 11.7 Å². The van der Waals surface area contributed by atoms with Gasteiger partial charge in [-0.15, -0.1) is 0 Å². The van der Waals surface area contributed by atoms with Crippen LogP contribution in [0.2, 0.25) is 0 Å². The Morgan fingerprint density at radius 2 is 2.04 bits per heavy atom. The van der Waals surface area contributed by atoms with Crippen molar-refractivity contribution in [2.24, 2.45) is 0 Å². The molecule has 1 fully saturated rings. The maximum atomic E-state index is 11.4. The van der Waals surface area contributed by atoms with Crippen molar-refractivity contribution >= 4 is 17.3 Å². The molecule has 28 heavy (non-hydrogen) atoms. The third-order valence-corrected chi connectivity index (χ3v) is 4.48. The fourth-order valence-electron chi connectivity index (χ4n) is 2.91. The molecule has 1 heterocycles. The molecule has 1 aliphatic carbocycles. The standard InChI is InChI=1S/C21H20N2O5/c1-26-19-8-5-16(10-20(19)28-17-6-7-17)23(12-18-11-22-13-27-18)15-4-2-3-14(9-15)21(24)25/h2-5,8-11,13,17H,6-7,12H2,1H3,(H,24,25). The smallest absolute Gasteiger partial charge is 0.335 e. The highest BCUT2D eigenvalue weighted by molar-refractivity contribution is 5.89. The monoisotopic (exact) mass is 380 g/mol. The first-order chi connectivity index (χ1) is 13.6. The van der Waals surface area contributed by atoms with Gasteiger partial charge in [0.2, 0.25) is 0 Å². The summed E-state index contributed by atoms with van der Waals surface area (Å²) in [6.45, 7) is 0.387. The van der Waals surface area contributed by atoms with Crippen molar-refractivity contribution in [3.05, 3.63) is 66.4 Å². The number of aromatic nitrogens is 1. The number of benzene rings is 2. The molecule has 3 aromatic rings. The van der Waals surface area contributed by atoms with Gasteiger partial charge in [0.15, 0.2) is 17.9 Å². The number of ether oxygens (including phenoxy) is 2. The minimum atomic E-state index is -0.978. The Labute approximate surface area is 162 Å². The van der Waals surface area contributed by atoms with Crippen LogP contribution in [-0.2, 0) is 6.54 Å². The van der Waals surface area contributed by atoms with Crippen LogP contribution in [0, 0.1) is 0 Å². The van der Waals surface area contributed by atoms with E-state index in [2.05, 4.69) is 4.98 Å². The minimum Gasteiger partial charge on any atom is -0.493 e. The Hall–Kier alpha value is -3.48. The average molecular weight is 380 g/mol. The maximum Gasteiger partial charge on any atom is 0.335 e. The van der Waals surface area contributed by atoms with Crippen LogP contribution in [0.4, 0.5) is 11.4 Å². The van der Waals surface area contributed by atoms with Crippen LogP contribution in [0.25, 0.3) is 0 Å². The highest BCUT2D eigenvalue weighted by atomic mass is 16.5. The van der Waals surface area contributed by atoms with Crippen molar-refractivity contribution < 1.29 is 23.8 Å². The van der Waals surface area contributed by atoms with Crippen molar-refractivity contribution in [3.8, 4) is 11.5 Å². The van der Waals surface area contributed by atoms with Gasteiger partial charge in [0.25, 0.3) is 0 Å². The molecule has 0 saturated heterocycles. The van der Waals surface area contributed by atoms with Gasteiger partial charge in [-0.05, 0) is 43.2 Å². The van der Waals surface area contributed by atoms with Gasteiger partial charge in [-0.1, -0.05) is 6.07 Å². The number of nitrogens with zero attached hydrogens (tertiary/aromatic N) is 2. The Morgan fingerprint density at radius 1 is 1.21 bits per heavy atom. The first kappa shape index (κ1) is 17.9. The second-order valence-corrected chi connectivity index (χ2v) is 6.56. The molecular weight excluding hydrogens is 360 g/mol. The Kier molecular flexibility index (Phi) is 4.89. The van der Waals surface area contributed by atoms with Gasteiger partial charge >= 0.3 is 5.97 Å². The topological polar surface area (TPSA) is 85.0 Å². The van der Waals surface area contributed by atoms with Crippen LogP contribution >= 0.6 is 0 Å². The second-order valence-electron chi connectivity index (χ2n) is 6.56. The summed E-state index contributed by atoms with van der Waals surface area (Å²) in [5, 5.41) is 9.35. The van der Waals surface area contributed by atoms with E-state index in [4.69, 9.17) is 13.9 Å². The van der Waals surface area contributed by atoms with Crippen LogP contribution in [0.5, 0.6) is 11.5 Å². The molecule has 1 N–H and O–H groups in total. The number of oxazole rings is 1. The Bertz CT molecular complexity index is 967. The number of hydrogen-bond donors (Lipinski definition) is 1. The zero-order chi connectivity index (χ0) is 19.5. The largest absolute Gasteiger partial charge is 0.493 e. The molecule has 0 unspecified atom stereocenters. The summed E-state index contributed by atoms with van der Waals surface area (Å²) in [5.74, 6) is 1.00. The number of aromatic carboxylic acids is 1. The summed E-state index contributed by atoms with van der Waals surface area (Å²) in [4.78, 5) is 17.3. The third-order valence-electron chi connectivity index (χ3n) is 4.48. The lowest BCUT2D eigenvalue weighted by Crippen LogP contribution is -2.17. The van der Waals surface area contributed by atoms with Crippen LogP contribution < -0.4 is 14.4 Å². The number of methoxy groups -OCH3 is 1. The molecule has 7 heteroatoms. The zero-order valence-corrected chi connectivity index (χ0v) is 15.4. The molecule has 1 aromatic heterocycles. The highest BCUT2D eigenvalue weighted by Gasteiger charge is 2.25. The van der Waals surface area contributed by atoms with E-state index in [1.54, 1.807) is 31.5 Å². The van der Waals surface area contributed by atoms with Gasteiger partial charge in [-0.3, -0.25) is 0 Å². The van der Waals surface area contributed by atoms with E-state index in [1.165, 1.54) is 6.39 Å². The fourth-order valence-corrected chi connectivity index (χ4v) is 2.91. The van der Waals surface area contributed by atoms with E-state index in [0.717, 1.165) is 24.2 Å². The molecule has 144 valence electrons. The summed E-state index contributed by atoms with van der Waals surface area (Å²) < 4.78 is 16.8. The summed E-state index contributed by atoms with van der Waals surface area (Å²) in [7, 11) is 1.61. The zero-order valence-electron chi connectivity index (χ0n) is 15.4. The van der Waals surface area contributed by atoms with Crippen LogP contribution in [0.15, 0.2) is 59.5 Å². The van der Waals surface area contributed by atoms with Crippen LogP contribution in [0.3, 0.4) is 0 Å². The van der Waals surface area contributed by atoms with E-state index >= 15 is 0 Å². The molecule has 1 aliphatic rings.